The molecule has 0 radical (unpaired) electrons. The fourth-order valence-electron chi connectivity index (χ4n) is 2.88. The molecule has 0 saturated carbocycles. The number of nitrogens with zero attached hydrogens (tertiary/aromatic N) is 1. The van der Waals surface area contributed by atoms with Crippen molar-refractivity contribution in [3.63, 3.8) is 0 Å². The second kappa shape index (κ2) is 8.59. The first kappa shape index (κ1) is 17.4. The first-order chi connectivity index (χ1) is 12.3. The van der Waals surface area contributed by atoms with Gasteiger partial charge in [-0.3, -0.25) is 0 Å². The van der Waals surface area contributed by atoms with Crippen molar-refractivity contribution in [2.45, 2.75) is 37.6 Å². The van der Waals surface area contributed by atoms with Crippen LogP contribution in [-0.2, 0) is 27.4 Å². The van der Waals surface area contributed by atoms with Gasteiger partial charge in [-0.05, 0) is 11.1 Å². The van der Waals surface area contributed by atoms with Gasteiger partial charge in [0.15, 0.2) is 6.10 Å². The van der Waals surface area contributed by atoms with Gasteiger partial charge in [0.2, 0.25) is 0 Å². The number of rotatable bonds is 7. The lowest BCUT2D eigenvalue weighted by molar-refractivity contribution is -0.0708. The van der Waals surface area contributed by atoms with Crippen molar-refractivity contribution in [1.29, 1.82) is 5.26 Å². The van der Waals surface area contributed by atoms with Crippen LogP contribution < -0.4 is 0 Å². The zero-order chi connectivity index (χ0) is 17.5. The molecule has 1 heterocycles. The van der Waals surface area contributed by atoms with Gasteiger partial charge in [-0.1, -0.05) is 66.7 Å². The SMILES string of the molecule is C=C[C@H]1O[C@@H](C#N)[C@H](OCc2ccccc2)[C@H]1OCc1ccccc1. The van der Waals surface area contributed by atoms with E-state index >= 15 is 0 Å². The molecule has 2 aromatic carbocycles. The highest BCUT2D eigenvalue weighted by molar-refractivity contribution is 5.15. The fourth-order valence-corrected chi connectivity index (χ4v) is 2.88. The van der Waals surface area contributed by atoms with Crippen molar-refractivity contribution in [2.75, 3.05) is 0 Å². The van der Waals surface area contributed by atoms with E-state index < -0.39 is 12.2 Å². The largest absolute Gasteiger partial charge is 0.368 e. The highest BCUT2D eigenvalue weighted by Crippen LogP contribution is 2.28. The molecule has 0 spiro atoms. The average Bonchev–Trinajstić information content (AvgIpc) is 3.03. The van der Waals surface area contributed by atoms with Crippen LogP contribution in [0.5, 0.6) is 0 Å². The molecule has 0 amide bonds. The van der Waals surface area contributed by atoms with Crippen LogP contribution in [0.25, 0.3) is 0 Å². The summed E-state index contributed by atoms with van der Waals surface area (Å²) in [5, 5.41) is 9.41. The molecule has 3 rings (SSSR count). The van der Waals surface area contributed by atoms with Gasteiger partial charge in [0.1, 0.15) is 18.3 Å². The molecule has 0 aromatic heterocycles. The first-order valence-corrected chi connectivity index (χ1v) is 8.30. The Balaban J connectivity index is 1.69. The summed E-state index contributed by atoms with van der Waals surface area (Å²) in [7, 11) is 0. The normalized spacial score (nSPS) is 25.4. The number of benzene rings is 2. The molecule has 4 nitrogen and oxygen atoms in total. The van der Waals surface area contributed by atoms with Crippen LogP contribution in [0, 0.1) is 11.3 Å². The lowest BCUT2D eigenvalue weighted by atomic mass is 10.1. The third kappa shape index (κ3) is 4.34. The van der Waals surface area contributed by atoms with Gasteiger partial charge < -0.3 is 14.2 Å². The summed E-state index contributed by atoms with van der Waals surface area (Å²) in [6.45, 7) is 4.64. The number of hydrogen-bond acceptors (Lipinski definition) is 4. The van der Waals surface area contributed by atoms with E-state index in [2.05, 4.69) is 12.6 Å². The number of ether oxygens (including phenoxy) is 3. The molecule has 1 fully saturated rings. The Labute approximate surface area is 148 Å². The molecule has 128 valence electrons. The van der Waals surface area contributed by atoms with E-state index in [9.17, 15) is 5.26 Å². The topological polar surface area (TPSA) is 51.5 Å². The Morgan fingerprint density at radius 1 is 0.920 bits per heavy atom. The smallest absolute Gasteiger partial charge is 0.173 e. The van der Waals surface area contributed by atoms with E-state index in [1.165, 1.54) is 0 Å². The van der Waals surface area contributed by atoms with Crippen LogP contribution in [-0.4, -0.2) is 24.4 Å². The molecule has 1 aliphatic heterocycles. The molecule has 25 heavy (non-hydrogen) atoms. The molecule has 2 aromatic rings. The molecule has 0 aliphatic carbocycles. The summed E-state index contributed by atoms with van der Waals surface area (Å²) in [5.74, 6) is 0. The minimum atomic E-state index is -0.674. The molecule has 0 unspecified atom stereocenters. The highest BCUT2D eigenvalue weighted by atomic mass is 16.6. The second-order valence-electron chi connectivity index (χ2n) is 5.91. The lowest BCUT2D eigenvalue weighted by Gasteiger charge is -2.22. The van der Waals surface area contributed by atoms with Crippen LogP contribution in [0.3, 0.4) is 0 Å². The maximum atomic E-state index is 9.41. The van der Waals surface area contributed by atoms with Crippen LogP contribution in [0.2, 0.25) is 0 Å². The quantitative estimate of drug-likeness (QED) is 0.725. The third-order valence-electron chi connectivity index (χ3n) is 4.18. The predicted octanol–water partition coefficient (Wildman–Crippen LogP) is 3.63. The third-order valence-corrected chi connectivity index (χ3v) is 4.18. The van der Waals surface area contributed by atoms with Crippen molar-refractivity contribution in [1.82, 2.24) is 0 Å². The van der Waals surface area contributed by atoms with Gasteiger partial charge in [0, 0.05) is 0 Å². The lowest BCUT2D eigenvalue weighted by Crippen LogP contribution is -2.36. The zero-order valence-electron chi connectivity index (χ0n) is 14.0. The molecule has 1 aliphatic rings. The van der Waals surface area contributed by atoms with E-state index in [1.807, 2.05) is 60.7 Å². The molecule has 4 atom stereocenters. The molecule has 0 bridgehead atoms. The Hall–Kier alpha value is -2.45. The summed E-state index contributed by atoms with van der Waals surface area (Å²) < 4.78 is 17.8. The van der Waals surface area contributed by atoms with E-state index in [4.69, 9.17) is 14.2 Å². The Morgan fingerprint density at radius 2 is 1.44 bits per heavy atom. The summed E-state index contributed by atoms with van der Waals surface area (Å²) >= 11 is 0. The number of nitriles is 1. The standard InChI is InChI=1S/C21H21NO3/c1-2-18-20(23-14-16-9-5-3-6-10-16)21(19(13-22)25-18)24-15-17-11-7-4-8-12-17/h2-12,18-21H,1,14-15H2/t18-,19+,20+,21+/m1/s1. The van der Waals surface area contributed by atoms with Gasteiger partial charge in [-0.15, -0.1) is 6.58 Å². The van der Waals surface area contributed by atoms with Crippen molar-refractivity contribution in [3.05, 3.63) is 84.4 Å². The minimum Gasteiger partial charge on any atom is -0.368 e. The van der Waals surface area contributed by atoms with Gasteiger partial charge in [0.25, 0.3) is 0 Å². The molecule has 4 heteroatoms. The molecular weight excluding hydrogens is 314 g/mol. The maximum absolute atomic E-state index is 9.41. The summed E-state index contributed by atoms with van der Waals surface area (Å²) in [6.07, 6.45) is -0.198. The van der Waals surface area contributed by atoms with Crippen molar-refractivity contribution in [3.8, 4) is 6.07 Å². The van der Waals surface area contributed by atoms with Gasteiger partial charge in [-0.2, -0.15) is 5.26 Å². The predicted molar refractivity (Wildman–Crippen MR) is 94.5 cm³/mol. The van der Waals surface area contributed by atoms with Crippen LogP contribution >= 0.6 is 0 Å². The van der Waals surface area contributed by atoms with Crippen molar-refractivity contribution >= 4 is 0 Å². The fraction of sp³-hybridized carbons (Fsp3) is 0.286. The van der Waals surface area contributed by atoms with E-state index in [1.54, 1.807) is 6.08 Å². The highest BCUT2D eigenvalue weighted by Gasteiger charge is 2.45. The molecule has 1 saturated heterocycles. The van der Waals surface area contributed by atoms with Crippen molar-refractivity contribution in [2.24, 2.45) is 0 Å². The Bertz CT molecular complexity index is 711. The zero-order valence-corrected chi connectivity index (χ0v) is 14.0. The summed E-state index contributed by atoms with van der Waals surface area (Å²) in [6, 6.07) is 21.9. The van der Waals surface area contributed by atoms with Gasteiger partial charge in [0.05, 0.1) is 19.3 Å². The number of hydrogen-bond donors (Lipinski definition) is 0. The van der Waals surface area contributed by atoms with Crippen LogP contribution in [0.4, 0.5) is 0 Å². The van der Waals surface area contributed by atoms with Gasteiger partial charge in [-0.25, -0.2) is 0 Å². The Kier molecular flexibility index (Phi) is 5.97. The average molecular weight is 335 g/mol. The van der Waals surface area contributed by atoms with Crippen LogP contribution in [0.1, 0.15) is 11.1 Å². The van der Waals surface area contributed by atoms with E-state index in [0.29, 0.717) is 13.2 Å². The van der Waals surface area contributed by atoms with Gasteiger partial charge >= 0.3 is 0 Å². The van der Waals surface area contributed by atoms with E-state index in [-0.39, 0.29) is 12.2 Å². The summed E-state index contributed by atoms with van der Waals surface area (Å²) in [4.78, 5) is 0. The van der Waals surface area contributed by atoms with E-state index in [0.717, 1.165) is 11.1 Å². The van der Waals surface area contributed by atoms with Crippen LogP contribution in [0.15, 0.2) is 73.3 Å². The monoisotopic (exact) mass is 335 g/mol. The first-order valence-electron chi connectivity index (χ1n) is 8.30. The summed E-state index contributed by atoms with van der Waals surface area (Å²) in [5.41, 5.74) is 2.11. The minimum absolute atomic E-state index is 0.367. The maximum Gasteiger partial charge on any atom is 0.173 e. The molecule has 0 N–H and O–H groups in total. The Morgan fingerprint density at radius 3 is 1.92 bits per heavy atom. The van der Waals surface area contributed by atoms with Crippen molar-refractivity contribution < 1.29 is 14.2 Å². The molecular formula is C21H21NO3. The second-order valence-corrected chi connectivity index (χ2v) is 5.91.